The predicted octanol–water partition coefficient (Wildman–Crippen LogP) is 2.28. The lowest BCUT2D eigenvalue weighted by Crippen LogP contribution is -2.67. The highest BCUT2D eigenvalue weighted by atomic mass is 19.1. The van der Waals surface area contributed by atoms with Gasteiger partial charge in [-0.25, -0.2) is 4.98 Å². The van der Waals surface area contributed by atoms with Crippen LogP contribution in [0.2, 0.25) is 0 Å². The van der Waals surface area contributed by atoms with Gasteiger partial charge in [0.15, 0.2) is 6.35 Å². The minimum atomic E-state index is -0.642. The van der Waals surface area contributed by atoms with E-state index in [4.69, 9.17) is 19.9 Å². The van der Waals surface area contributed by atoms with E-state index < -0.39 is 23.4 Å². The Morgan fingerprint density at radius 1 is 1.30 bits per heavy atom. The molecule has 0 bridgehead atoms. The molecule has 4 atom stereocenters. The van der Waals surface area contributed by atoms with Crippen LogP contribution in [0.25, 0.3) is 11.1 Å². The number of nitrogens with one attached hydrogen (secondary N) is 1. The first-order valence-electron chi connectivity index (χ1n) is 9.23. The molecule has 4 heterocycles. The van der Waals surface area contributed by atoms with Crippen LogP contribution in [-0.2, 0) is 15.0 Å². The van der Waals surface area contributed by atoms with Gasteiger partial charge in [0.05, 0.1) is 6.61 Å². The van der Waals surface area contributed by atoms with Crippen molar-refractivity contribution in [2.45, 2.75) is 43.4 Å². The molecule has 1 aromatic heterocycles. The SMILES string of the molecule is C[C@@]12CCCO[C@H]1[C@]1(COC(N)N1)c1cc(-c3cccnc3F)ccc1O2. The van der Waals surface area contributed by atoms with Gasteiger partial charge in [-0.3, -0.25) is 11.1 Å². The molecule has 7 heteroatoms. The summed E-state index contributed by atoms with van der Waals surface area (Å²) in [6.07, 6.45) is 2.41. The summed E-state index contributed by atoms with van der Waals surface area (Å²) in [6, 6.07) is 9.11. The van der Waals surface area contributed by atoms with Gasteiger partial charge in [-0.05, 0) is 49.6 Å². The fraction of sp³-hybridized carbons (Fsp3) is 0.450. The van der Waals surface area contributed by atoms with E-state index in [0.29, 0.717) is 18.8 Å². The molecule has 3 N–H and O–H groups in total. The van der Waals surface area contributed by atoms with E-state index in [1.165, 1.54) is 6.20 Å². The lowest BCUT2D eigenvalue weighted by atomic mass is 9.72. The summed E-state index contributed by atoms with van der Waals surface area (Å²) in [5.41, 5.74) is 6.96. The zero-order valence-electron chi connectivity index (χ0n) is 15.1. The van der Waals surface area contributed by atoms with Gasteiger partial charge in [-0.1, -0.05) is 6.07 Å². The Kier molecular flexibility index (Phi) is 3.77. The zero-order chi connectivity index (χ0) is 18.6. The molecule has 142 valence electrons. The van der Waals surface area contributed by atoms with E-state index in [9.17, 15) is 4.39 Å². The molecule has 6 nitrogen and oxygen atoms in total. The molecular formula is C20H22FN3O3. The van der Waals surface area contributed by atoms with Crippen molar-refractivity contribution in [3.63, 3.8) is 0 Å². The summed E-state index contributed by atoms with van der Waals surface area (Å²) in [5.74, 6) is 0.242. The molecular weight excluding hydrogens is 349 g/mol. The number of aromatic nitrogens is 1. The lowest BCUT2D eigenvalue weighted by molar-refractivity contribution is -0.170. The second kappa shape index (κ2) is 5.97. The third-order valence-corrected chi connectivity index (χ3v) is 5.87. The molecule has 2 fully saturated rings. The smallest absolute Gasteiger partial charge is 0.220 e. The van der Waals surface area contributed by atoms with Crippen LogP contribution in [-0.4, -0.2) is 36.3 Å². The molecule has 0 saturated carbocycles. The van der Waals surface area contributed by atoms with Crippen LogP contribution < -0.4 is 15.8 Å². The summed E-state index contributed by atoms with van der Waals surface area (Å²) in [5, 5.41) is 3.38. The number of nitrogens with zero attached hydrogens (tertiary/aromatic N) is 1. The Morgan fingerprint density at radius 3 is 2.96 bits per heavy atom. The minimum Gasteiger partial charge on any atom is -0.484 e. The number of pyridine rings is 1. The Balaban J connectivity index is 1.69. The first-order valence-corrected chi connectivity index (χ1v) is 9.23. The van der Waals surface area contributed by atoms with Gasteiger partial charge in [0.1, 0.15) is 23.0 Å². The highest BCUT2D eigenvalue weighted by molar-refractivity contribution is 5.67. The quantitative estimate of drug-likeness (QED) is 0.749. The molecule has 2 saturated heterocycles. The molecule has 0 amide bonds. The van der Waals surface area contributed by atoms with Gasteiger partial charge in [-0.15, -0.1) is 0 Å². The van der Waals surface area contributed by atoms with Gasteiger partial charge in [0, 0.05) is 23.9 Å². The summed E-state index contributed by atoms with van der Waals surface area (Å²) in [4.78, 5) is 3.76. The summed E-state index contributed by atoms with van der Waals surface area (Å²) < 4.78 is 32.5. The van der Waals surface area contributed by atoms with Crippen molar-refractivity contribution in [3.8, 4) is 16.9 Å². The molecule has 0 radical (unpaired) electrons. The molecule has 2 aromatic rings. The van der Waals surface area contributed by atoms with Gasteiger partial charge in [-0.2, -0.15) is 4.39 Å². The van der Waals surface area contributed by atoms with Crippen LogP contribution in [0.1, 0.15) is 25.3 Å². The predicted molar refractivity (Wildman–Crippen MR) is 96.4 cm³/mol. The van der Waals surface area contributed by atoms with Crippen molar-refractivity contribution in [2.24, 2.45) is 5.73 Å². The number of hydrogen-bond acceptors (Lipinski definition) is 6. The number of fused-ring (bicyclic) bond motifs is 4. The Morgan fingerprint density at radius 2 is 2.19 bits per heavy atom. The van der Waals surface area contributed by atoms with Crippen molar-refractivity contribution in [1.82, 2.24) is 10.3 Å². The summed E-state index contributed by atoms with van der Waals surface area (Å²) >= 11 is 0. The van der Waals surface area contributed by atoms with Crippen molar-refractivity contribution in [3.05, 3.63) is 48.0 Å². The lowest BCUT2D eigenvalue weighted by Gasteiger charge is -2.53. The highest BCUT2D eigenvalue weighted by Crippen LogP contribution is 2.51. The van der Waals surface area contributed by atoms with E-state index in [1.54, 1.807) is 12.1 Å². The number of hydrogen-bond donors (Lipinski definition) is 2. The zero-order valence-corrected chi connectivity index (χ0v) is 15.1. The summed E-state index contributed by atoms with van der Waals surface area (Å²) in [6.45, 7) is 3.10. The normalized spacial score (nSPS) is 34.8. The van der Waals surface area contributed by atoms with Crippen LogP contribution >= 0.6 is 0 Å². The van der Waals surface area contributed by atoms with Crippen LogP contribution in [0.4, 0.5) is 4.39 Å². The standard InChI is InChI=1S/C20H22FN3O3/c1-19-7-3-9-25-17(19)20(11-26-18(22)24-20)14-10-12(5-6-15(14)27-19)13-4-2-8-23-16(13)21/h2,4-6,8,10,17-18,24H,3,7,9,11,22H2,1H3/t17-,18?,19-,20+/m1/s1. The first kappa shape index (κ1) is 17.1. The van der Waals surface area contributed by atoms with Crippen molar-refractivity contribution in [2.75, 3.05) is 13.2 Å². The van der Waals surface area contributed by atoms with Gasteiger partial charge in [0.2, 0.25) is 5.95 Å². The van der Waals surface area contributed by atoms with Crippen LogP contribution in [0.15, 0.2) is 36.5 Å². The van der Waals surface area contributed by atoms with Crippen molar-refractivity contribution >= 4 is 0 Å². The second-order valence-electron chi connectivity index (χ2n) is 7.67. The monoisotopic (exact) mass is 371 g/mol. The molecule has 1 unspecified atom stereocenters. The first-order chi connectivity index (χ1) is 13.0. The van der Waals surface area contributed by atoms with Crippen LogP contribution in [0.5, 0.6) is 5.75 Å². The van der Waals surface area contributed by atoms with Crippen molar-refractivity contribution in [1.29, 1.82) is 0 Å². The maximum atomic E-state index is 14.2. The van der Waals surface area contributed by atoms with E-state index >= 15 is 0 Å². The molecule has 1 spiro atoms. The van der Waals surface area contributed by atoms with Crippen LogP contribution in [0.3, 0.4) is 0 Å². The fourth-order valence-electron chi connectivity index (χ4n) is 4.69. The largest absolute Gasteiger partial charge is 0.484 e. The minimum absolute atomic E-state index is 0.256. The number of rotatable bonds is 1. The van der Waals surface area contributed by atoms with E-state index in [1.807, 2.05) is 18.2 Å². The number of nitrogens with two attached hydrogens (primary N) is 1. The molecule has 3 aliphatic heterocycles. The number of halogens is 1. The molecule has 3 aliphatic rings. The Labute approximate surface area is 156 Å². The maximum Gasteiger partial charge on any atom is 0.220 e. The topological polar surface area (TPSA) is 78.6 Å². The van der Waals surface area contributed by atoms with E-state index in [-0.39, 0.29) is 6.10 Å². The number of ether oxygens (including phenoxy) is 3. The van der Waals surface area contributed by atoms with Gasteiger partial charge < -0.3 is 14.2 Å². The van der Waals surface area contributed by atoms with Crippen molar-refractivity contribution < 1.29 is 18.6 Å². The molecule has 0 aliphatic carbocycles. The third kappa shape index (κ3) is 2.50. The molecule has 27 heavy (non-hydrogen) atoms. The van der Waals surface area contributed by atoms with Gasteiger partial charge in [0.25, 0.3) is 0 Å². The average Bonchev–Trinajstić information content (AvgIpc) is 3.04. The second-order valence-corrected chi connectivity index (χ2v) is 7.67. The van der Waals surface area contributed by atoms with Crippen LogP contribution in [0, 0.1) is 5.95 Å². The van der Waals surface area contributed by atoms with Gasteiger partial charge >= 0.3 is 0 Å². The summed E-state index contributed by atoms with van der Waals surface area (Å²) in [7, 11) is 0. The van der Waals surface area contributed by atoms with E-state index in [2.05, 4.69) is 17.2 Å². The fourth-order valence-corrected chi connectivity index (χ4v) is 4.69. The maximum absolute atomic E-state index is 14.2. The Hall–Kier alpha value is -2.06. The van der Waals surface area contributed by atoms with E-state index in [0.717, 1.165) is 29.7 Å². The molecule has 5 rings (SSSR count). The third-order valence-electron chi connectivity index (χ3n) is 5.87. The highest BCUT2D eigenvalue weighted by Gasteiger charge is 2.60. The average molecular weight is 371 g/mol. The number of benzene rings is 1. The Bertz CT molecular complexity index is 895. The molecule has 1 aromatic carbocycles.